The van der Waals surface area contributed by atoms with Gasteiger partial charge in [-0.05, 0) is 26.2 Å². The molecule has 0 spiro atoms. The van der Waals surface area contributed by atoms with Crippen LogP contribution in [0.2, 0.25) is 0 Å². The Kier molecular flexibility index (Phi) is 6.72. The van der Waals surface area contributed by atoms with Gasteiger partial charge in [-0.15, -0.1) is 0 Å². The van der Waals surface area contributed by atoms with Crippen molar-refractivity contribution in [2.75, 3.05) is 13.1 Å². The van der Waals surface area contributed by atoms with Gasteiger partial charge in [-0.1, -0.05) is 19.8 Å². The zero-order valence-corrected chi connectivity index (χ0v) is 11.4. The van der Waals surface area contributed by atoms with E-state index in [1.807, 2.05) is 0 Å². The molecule has 0 radical (unpaired) electrons. The average Bonchev–Trinajstić information content (AvgIpc) is 2.37. The monoisotopic (exact) mass is 255 g/mol. The van der Waals surface area contributed by atoms with E-state index in [0.717, 1.165) is 45.2 Å². The number of rotatable bonds is 7. The minimum Gasteiger partial charge on any atom is -0.355 e. The number of hydrogen-bond donors (Lipinski definition) is 3. The fourth-order valence-electron chi connectivity index (χ4n) is 2.05. The van der Waals surface area contributed by atoms with Crippen LogP contribution in [-0.4, -0.2) is 37.0 Å². The van der Waals surface area contributed by atoms with Crippen molar-refractivity contribution in [2.24, 2.45) is 0 Å². The molecular formula is C13H25N3O2. The number of hydrogen-bond acceptors (Lipinski definition) is 3. The van der Waals surface area contributed by atoms with Gasteiger partial charge in [0.1, 0.15) is 0 Å². The number of carbonyl (C=O) groups excluding carboxylic acids is 2. The van der Waals surface area contributed by atoms with Crippen molar-refractivity contribution in [1.29, 1.82) is 0 Å². The summed E-state index contributed by atoms with van der Waals surface area (Å²) in [6.07, 6.45) is 5.06. The molecule has 0 aliphatic carbocycles. The lowest BCUT2D eigenvalue weighted by molar-refractivity contribution is -0.126. The van der Waals surface area contributed by atoms with E-state index in [1.165, 1.54) is 0 Å². The Morgan fingerprint density at radius 1 is 1.50 bits per heavy atom. The smallest absolute Gasteiger partial charge is 0.237 e. The standard InChI is InChI=1S/C13H25N3O2/c1-3-4-5-8-14-12(17)10(2)16-11-7-6-9-15-13(11)18/h10-11,16H,3-9H2,1-2H3,(H,14,17)(H,15,18). The van der Waals surface area contributed by atoms with Crippen LogP contribution in [0.5, 0.6) is 0 Å². The van der Waals surface area contributed by atoms with Crippen molar-refractivity contribution in [2.45, 2.75) is 58.0 Å². The maximum atomic E-state index is 11.8. The molecule has 5 nitrogen and oxygen atoms in total. The predicted octanol–water partition coefficient (Wildman–Crippen LogP) is 0.550. The first-order valence-corrected chi connectivity index (χ1v) is 6.96. The molecule has 0 aromatic rings. The van der Waals surface area contributed by atoms with Crippen LogP contribution in [0.25, 0.3) is 0 Å². The van der Waals surface area contributed by atoms with E-state index < -0.39 is 0 Å². The Morgan fingerprint density at radius 3 is 2.94 bits per heavy atom. The molecule has 2 atom stereocenters. The molecule has 0 aromatic heterocycles. The minimum atomic E-state index is -0.319. The molecule has 0 aromatic carbocycles. The SMILES string of the molecule is CCCCCNC(=O)C(C)NC1CCCNC1=O. The molecular weight excluding hydrogens is 230 g/mol. The van der Waals surface area contributed by atoms with Gasteiger partial charge in [-0.3, -0.25) is 14.9 Å². The first kappa shape index (κ1) is 15.0. The van der Waals surface area contributed by atoms with E-state index in [9.17, 15) is 9.59 Å². The molecule has 0 bridgehead atoms. The summed E-state index contributed by atoms with van der Waals surface area (Å²) in [5.74, 6) is -0.0173. The number of piperidine rings is 1. The lowest BCUT2D eigenvalue weighted by Gasteiger charge is -2.25. The summed E-state index contributed by atoms with van der Waals surface area (Å²) in [4.78, 5) is 23.3. The van der Waals surface area contributed by atoms with Gasteiger partial charge < -0.3 is 10.6 Å². The van der Waals surface area contributed by atoms with Crippen molar-refractivity contribution in [3.63, 3.8) is 0 Å². The maximum Gasteiger partial charge on any atom is 0.237 e. The zero-order chi connectivity index (χ0) is 13.4. The molecule has 1 aliphatic heterocycles. The third-order valence-corrected chi connectivity index (χ3v) is 3.21. The van der Waals surface area contributed by atoms with Crippen LogP contribution in [0.4, 0.5) is 0 Å². The summed E-state index contributed by atoms with van der Waals surface area (Å²) in [5.41, 5.74) is 0. The molecule has 1 rings (SSSR count). The van der Waals surface area contributed by atoms with Crippen molar-refractivity contribution >= 4 is 11.8 Å². The van der Waals surface area contributed by atoms with Gasteiger partial charge in [0.05, 0.1) is 12.1 Å². The molecule has 0 saturated carbocycles. The minimum absolute atomic E-state index is 0.00637. The summed E-state index contributed by atoms with van der Waals surface area (Å²) in [6.45, 7) is 5.40. The molecule has 2 amide bonds. The van der Waals surface area contributed by atoms with E-state index in [4.69, 9.17) is 0 Å². The Balaban J connectivity index is 2.23. The highest BCUT2D eigenvalue weighted by atomic mass is 16.2. The fourth-order valence-corrected chi connectivity index (χ4v) is 2.05. The highest BCUT2D eigenvalue weighted by Crippen LogP contribution is 2.04. The Labute approximate surface area is 109 Å². The zero-order valence-electron chi connectivity index (χ0n) is 11.4. The number of amides is 2. The molecule has 104 valence electrons. The lowest BCUT2D eigenvalue weighted by Crippen LogP contribution is -2.54. The van der Waals surface area contributed by atoms with Gasteiger partial charge in [-0.25, -0.2) is 0 Å². The number of carbonyl (C=O) groups is 2. The van der Waals surface area contributed by atoms with Crippen LogP contribution in [0.3, 0.4) is 0 Å². The summed E-state index contributed by atoms with van der Waals surface area (Å²) < 4.78 is 0. The Bertz CT molecular complexity index is 281. The third kappa shape index (κ3) is 5.04. The number of nitrogens with one attached hydrogen (secondary N) is 3. The second-order valence-corrected chi connectivity index (χ2v) is 4.87. The molecule has 1 heterocycles. The Hall–Kier alpha value is -1.10. The van der Waals surface area contributed by atoms with E-state index in [-0.39, 0.29) is 23.9 Å². The summed E-state index contributed by atoms with van der Waals surface area (Å²) in [6, 6.07) is -0.546. The van der Waals surface area contributed by atoms with Crippen molar-refractivity contribution < 1.29 is 9.59 Å². The first-order chi connectivity index (χ1) is 8.65. The molecule has 1 aliphatic rings. The molecule has 3 N–H and O–H groups in total. The largest absolute Gasteiger partial charge is 0.355 e. The van der Waals surface area contributed by atoms with Crippen molar-refractivity contribution in [1.82, 2.24) is 16.0 Å². The van der Waals surface area contributed by atoms with Gasteiger partial charge in [0.25, 0.3) is 0 Å². The second kappa shape index (κ2) is 8.08. The van der Waals surface area contributed by atoms with Gasteiger partial charge in [0.2, 0.25) is 11.8 Å². The highest BCUT2D eigenvalue weighted by Gasteiger charge is 2.25. The van der Waals surface area contributed by atoms with E-state index >= 15 is 0 Å². The van der Waals surface area contributed by atoms with Gasteiger partial charge in [0.15, 0.2) is 0 Å². The van der Waals surface area contributed by atoms with Crippen molar-refractivity contribution in [3.05, 3.63) is 0 Å². The van der Waals surface area contributed by atoms with Crippen LogP contribution in [-0.2, 0) is 9.59 Å². The number of unbranched alkanes of at least 4 members (excludes halogenated alkanes) is 2. The Morgan fingerprint density at radius 2 is 2.28 bits per heavy atom. The normalized spacial score (nSPS) is 21.2. The van der Waals surface area contributed by atoms with Crippen LogP contribution in [0, 0.1) is 0 Å². The summed E-state index contributed by atoms with van der Waals surface area (Å²) in [5, 5.41) is 8.78. The second-order valence-electron chi connectivity index (χ2n) is 4.87. The average molecular weight is 255 g/mol. The summed E-state index contributed by atoms with van der Waals surface area (Å²) in [7, 11) is 0. The first-order valence-electron chi connectivity index (χ1n) is 6.96. The van der Waals surface area contributed by atoms with Gasteiger partial charge in [-0.2, -0.15) is 0 Å². The van der Waals surface area contributed by atoms with Crippen molar-refractivity contribution in [3.8, 4) is 0 Å². The van der Waals surface area contributed by atoms with Crippen LogP contribution < -0.4 is 16.0 Å². The van der Waals surface area contributed by atoms with E-state index in [2.05, 4.69) is 22.9 Å². The quantitative estimate of drug-likeness (QED) is 0.582. The third-order valence-electron chi connectivity index (χ3n) is 3.21. The van der Waals surface area contributed by atoms with Crippen LogP contribution in [0.1, 0.15) is 46.0 Å². The lowest BCUT2D eigenvalue weighted by atomic mass is 10.1. The van der Waals surface area contributed by atoms with E-state index in [0.29, 0.717) is 0 Å². The van der Waals surface area contributed by atoms with Crippen LogP contribution >= 0.6 is 0 Å². The summed E-state index contributed by atoms with van der Waals surface area (Å²) >= 11 is 0. The topological polar surface area (TPSA) is 70.2 Å². The maximum absolute atomic E-state index is 11.8. The predicted molar refractivity (Wildman–Crippen MR) is 71.2 cm³/mol. The molecule has 2 unspecified atom stereocenters. The van der Waals surface area contributed by atoms with Gasteiger partial charge >= 0.3 is 0 Å². The van der Waals surface area contributed by atoms with E-state index in [1.54, 1.807) is 6.92 Å². The fraction of sp³-hybridized carbons (Fsp3) is 0.846. The molecule has 1 fully saturated rings. The molecule has 18 heavy (non-hydrogen) atoms. The molecule has 1 saturated heterocycles. The highest BCUT2D eigenvalue weighted by molar-refractivity contribution is 5.85. The van der Waals surface area contributed by atoms with Crippen LogP contribution in [0.15, 0.2) is 0 Å². The molecule has 5 heteroatoms. The van der Waals surface area contributed by atoms with Gasteiger partial charge in [0, 0.05) is 13.1 Å².